The van der Waals surface area contributed by atoms with Crippen molar-refractivity contribution in [3.8, 4) is 0 Å². The number of imidazole rings is 1. The second-order valence-electron chi connectivity index (χ2n) is 7.16. The predicted octanol–water partition coefficient (Wildman–Crippen LogP) is 4.41. The number of benzene rings is 1. The summed E-state index contributed by atoms with van der Waals surface area (Å²) in [6.07, 6.45) is -1.14. The highest BCUT2D eigenvalue weighted by Gasteiger charge is 2.35. The number of aromatic nitrogens is 2. The van der Waals surface area contributed by atoms with Crippen molar-refractivity contribution in [2.75, 3.05) is 36.5 Å². The number of furan rings is 1. The molecule has 0 bridgehead atoms. The molecule has 170 valence electrons. The molecule has 2 aromatic heterocycles. The van der Waals surface area contributed by atoms with Gasteiger partial charge in [0.2, 0.25) is 0 Å². The van der Waals surface area contributed by atoms with Crippen molar-refractivity contribution in [2.45, 2.75) is 17.1 Å². The van der Waals surface area contributed by atoms with Crippen molar-refractivity contribution in [2.24, 2.45) is 7.05 Å². The molecule has 0 atom stereocenters. The number of rotatable bonds is 6. The highest BCUT2D eigenvalue weighted by Crippen LogP contribution is 2.38. The van der Waals surface area contributed by atoms with E-state index < -0.39 is 17.6 Å². The van der Waals surface area contributed by atoms with Gasteiger partial charge in [-0.05, 0) is 30.3 Å². The number of carbonyl (C=O) groups is 1. The van der Waals surface area contributed by atoms with E-state index in [2.05, 4.69) is 10.3 Å². The lowest BCUT2D eigenvalue weighted by atomic mass is 10.1. The number of morpholine rings is 1. The van der Waals surface area contributed by atoms with E-state index in [-0.39, 0.29) is 11.4 Å². The maximum absolute atomic E-state index is 13.7. The van der Waals surface area contributed by atoms with Crippen LogP contribution in [-0.4, -0.2) is 41.8 Å². The minimum absolute atomic E-state index is 0.0641. The number of alkyl halides is 3. The maximum Gasteiger partial charge on any atom is 0.418 e. The predicted molar refractivity (Wildman–Crippen MR) is 114 cm³/mol. The number of halogens is 3. The van der Waals surface area contributed by atoms with Crippen LogP contribution in [0.3, 0.4) is 0 Å². The van der Waals surface area contributed by atoms with Crippen LogP contribution in [0, 0.1) is 0 Å². The number of carbonyl (C=O) groups excluding carboxylic acids is 1. The third-order valence-electron chi connectivity index (χ3n) is 4.94. The number of thioether (sulfide) groups is 1. The van der Waals surface area contributed by atoms with Gasteiger partial charge in [-0.3, -0.25) is 4.79 Å². The minimum Gasteiger partial charge on any atom is -0.455 e. The van der Waals surface area contributed by atoms with Crippen LogP contribution in [-0.2, 0) is 23.7 Å². The van der Waals surface area contributed by atoms with E-state index >= 15 is 0 Å². The summed E-state index contributed by atoms with van der Waals surface area (Å²) in [4.78, 5) is 18.6. The Morgan fingerprint density at radius 2 is 2.00 bits per heavy atom. The molecule has 1 N–H and O–H groups in total. The number of aryl methyl sites for hydroxylation is 1. The fourth-order valence-electron chi connectivity index (χ4n) is 3.28. The van der Waals surface area contributed by atoms with Gasteiger partial charge >= 0.3 is 6.18 Å². The molecule has 3 aromatic rings. The molecule has 11 heteroatoms. The number of nitrogens with one attached hydrogen (secondary N) is 1. The fourth-order valence-corrected chi connectivity index (χ4v) is 4.11. The van der Waals surface area contributed by atoms with Gasteiger partial charge in [0.15, 0.2) is 10.9 Å². The van der Waals surface area contributed by atoms with Crippen LogP contribution in [0.5, 0.6) is 0 Å². The van der Waals surface area contributed by atoms with Crippen LogP contribution >= 0.6 is 11.8 Å². The number of ether oxygens (including phenoxy) is 1. The Kier molecular flexibility index (Phi) is 6.47. The molecule has 1 aliphatic rings. The van der Waals surface area contributed by atoms with Crippen molar-refractivity contribution < 1.29 is 27.1 Å². The Labute approximate surface area is 186 Å². The number of anilines is 2. The topological polar surface area (TPSA) is 72.5 Å². The molecule has 0 spiro atoms. The molecule has 0 unspecified atom stereocenters. The van der Waals surface area contributed by atoms with Gasteiger partial charge in [0.25, 0.3) is 5.91 Å². The Morgan fingerprint density at radius 1 is 1.22 bits per heavy atom. The first-order chi connectivity index (χ1) is 15.3. The van der Waals surface area contributed by atoms with E-state index in [9.17, 15) is 18.0 Å². The summed E-state index contributed by atoms with van der Waals surface area (Å²) in [7, 11) is 1.86. The smallest absolute Gasteiger partial charge is 0.418 e. The maximum atomic E-state index is 13.7. The molecule has 0 saturated carbocycles. The van der Waals surface area contributed by atoms with Gasteiger partial charge in [0, 0.05) is 38.2 Å². The highest BCUT2D eigenvalue weighted by molar-refractivity contribution is 7.98. The molecule has 1 saturated heterocycles. The van der Waals surface area contributed by atoms with Crippen molar-refractivity contribution in [1.82, 2.24) is 9.55 Å². The summed E-state index contributed by atoms with van der Waals surface area (Å²) in [5.41, 5.74) is -0.794. The first-order valence-corrected chi connectivity index (χ1v) is 10.8. The Morgan fingerprint density at radius 3 is 2.69 bits per heavy atom. The molecule has 4 rings (SSSR count). The van der Waals surface area contributed by atoms with Gasteiger partial charge in [-0.2, -0.15) is 13.2 Å². The Balaban J connectivity index is 1.47. The van der Waals surface area contributed by atoms with E-state index in [1.807, 2.05) is 22.7 Å². The quantitative estimate of drug-likeness (QED) is 0.543. The van der Waals surface area contributed by atoms with E-state index in [1.54, 1.807) is 18.3 Å². The summed E-state index contributed by atoms with van der Waals surface area (Å²) in [6, 6.07) is 6.95. The zero-order valence-corrected chi connectivity index (χ0v) is 18.0. The molecule has 1 aliphatic heterocycles. The third kappa shape index (κ3) is 5.10. The summed E-state index contributed by atoms with van der Waals surface area (Å²) in [5, 5.41) is 3.12. The molecule has 3 heterocycles. The largest absolute Gasteiger partial charge is 0.455 e. The van der Waals surface area contributed by atoms with Gasteiger partial charge in [-0.15, -0.1) is 0 Å². The van der Waals surface area contributed by atoms with Gasteiger partial charge < -0.3 is 23.9 Å². The lowest BCUT2D eigenvalue weighted by molar-refractivity contribution is -0.136. The van der Waals surface area contributed by atoms with Crippen molar-refractivity contribution in [3.63, 3.8) is 0 Å². The average Bonchev–Trinajstić information content (AvgIpc) is 3.41. The lowest BCUT2D eigenvalue weighted by Gasteiger charge is -2.29. The van der Waals surface area contributed by atoms with Gasteiger partial charge in [0.1, 0.15) is 5.76 Å². The summed E-state index contributed by atoms with van der Waals surface area (Å²) in [6.45, 7) is 1.93. The van der Waals surface area contributed by atoms with Crippen LogP contribution in [0.2, 0.25) is 0 Å². The molecule has 0 aliphatic carbocycles. The average molecular weight is 466 g/mol. The van der Waals surface area contributed by atoms with Crippen molar-refractivity contribution in [3.05, 3.63) is 59.8 Å². The number of nitrogens with zero attached hydrogens (tertiary/aromatic N) is 3. The number of hydrogen-bond acceptors (Lipinski definition) is 6. The second-order valence-corrected chi connectivity index (χ2v) is 8.10. The van der Waals surface area contributed by atoms with E-state index in [0.29, 0.717) is 43.5 Å². The van der Waals surface area contributed by atoms with E-state index in [0.717, 1.165) is 11.2 Å². The van der Waals surface area contributed by atoms with Crippen molar-refractivity contribution >= 4 is 29.0 Å². The second kappa shape index (κ2) is 9.29. The summed E-state index contributed by atoms with van der Waals surface area (Å²) < 4.78 is 53.7. The zero-order chi connectivity index (χ0) is 22.7. The highest BCUT2D eigenvalue weighted by atomic mass is 32.2. The number of amides is 1. The van der Waals surface area contributed by atoms with E-state index in [1.165, 1.54) is 23.9 Å². The monoisotopic (exact) mass is 466 g/mol. The van der Waals surface area contributed by atoms with Crippen LogP contribution in [0.1, 0.15) is 21.9 Å². The normalized spacial score (nSPS) is 14.6. The molecule has 32 heavy (non-hydrogen) atoms. The zero-order valence-electron chi connectivity index (χ0n) is 17.2. The van der Waals surface area contributed by atoms with Crippen LogP contribution < -0.4 is 10.2 Å². The molecule has 1 aromatic carbocycles. The van der Waals surface area contributed by atoms with Crippen LogP contribution in [0.4, 0.5) is 24.5 Å². The lowest BCUT2D eigenvalue weighted by Crippen LogP contribution is -2.36. The molecule has 1 fully saturated rings. The molecule has 1 amide bonds. The SMILES string of the molecule is Cn1ccnc1SCc1ccc(C(=O)Nc2ccc(N3CCOCC3)cc2C(F)(F)F)o1. The minimum atomic E-state index is -4.63. The summed E-state index contributed by atoms with van der Waals surface area (Å²) in [5.74, 6) is 0.135. The van der Waals surface area contributed by atoms with Crippen molar-refractivity contribution in [1.29, 1.82) is 0 Å². The summed E-state index contributed by atoms with van der Waals surface area (Å²) >= 11 is 1.42. The van der Waals surface area contributed by atoms with Crippen LogP contribution in [0.15, 0.2) is 52.3 Å². The molecule has 0 radical (unpaired) electrons. The molecular weight excluding hydrogens is 445 g/mol. The molecular formula is C21H21F3N4O3S. The Hall–Kier alpha value is -2.92. The molecule has 7 nitrogen and oxygen atoms in total. The standard InChI is InChI=1S/C21H21F3N4O3S/c1-27-7-6-25-20(27)32-13-15-3-5-18(31-15)19(29)26-17-4-2-14(12-16(17)21(22,23)24)28-8-10-30-11-9-28/h2-7,12H,8-11,13H2,1H3,(H,26,29). The van der Waals surface area contributed by atoms with Gasteiger partial charge in [0.05, 0.1) is 30.2 Å². The Bertz CT molecular complexity index is 1090. The third-order valence-corrected chi connectivity index (χ3v) is 6.02. The van der Waals surface area contributed by atoms with Crippen LogP contribution in [0.25, 0.3) is 0 Å². The first-order valence-electron chi connectivity index (χ1n) is 9.85. The van der Waals surface area contributed by atoms with Gasteiger partial charge in [-0.1, -0.05) is 11.8 Å². The van der Waals surface area contributed by atoms with E-state index in [4.69, 9.17) is 9.15 Å². The fraction of sp³-hybridized carbons (Fsp3) is 0.333. The van der Waals surface area contributed by atoms with Gasteiger partial charge in [-0.25, -0.2) is 4.98 Å². The first kappa shape index (κ1) is 22.3. The number of hydrogen-bond donors (Lipinski definition) is 1.